The number of fused-ring (bicyclic) bond motifs is 1. The molecule has 6 nitrogen and oxygen atoms in total. The fourth-order valence-corrected chi connectivity index (χ4v) is 2.51. The normalized spacial score (nSPS) is 12.0. The lowest BCUT2D eigenvalue weighted by atomic mass is 10.0. The van der Waals surface area contributed by atoms with Crippen molar-refractivity contribution in [1.82, 2.24) is 24.9 Å². The zero-order chi connectivity index (χ0) is 17.4. The van der Waals surface area contributed by atoms with E-state index in [0.29, 0.717) is 28.1 Å². The largest absolute Gasteiger partial charge is 0.416 e. The maximum atomic E-state index is 12.9. The van der Waals surface area contributed by atoms with Crippen molar-refractivity contribution in [1.29, 1.82) is 0 Å². The van der Waals surface area contributed by atoms with Gasteiger partial charge in [-0.3, -0.25) is 9.67 Å². The second kappa shape index (κ2) is 5.69. The van der Waals surface area contributed by atoms with Crippen molar-refractivity contribution in [3.63, 3.8) is 0 Å². The lowest BCUT2D eigenvalue weighted by Crippen LogP contribution is -2.04. The van der Waals surface area contributed by atoms with Crippen molar-refractivity contribution in [3.05, 3.63) is 60.5 Å². The van der Waals surface area contributed by atoms with Crippen molar-refractivity contribution in [3.8, 4) is 11.1 Å². The first-order valence-electron chi connectivity index (χ1n) is 7.25. The Labute approximate surface area is 138 Å². The first-order valence-corrected chi connectivity index (χ1v) is 7.25. The molecule has 126 valence electrons. The van der Waals surface area contributed by atoms with E-state index in [1.807, 2.05) is 0 Å². The molecule has 25 heavy (non-hydrogen) atoms. The van der Waals surface area contributed by atoms with Crippen LogP contribution in [0.2, 0.25) is 0 Å². The van der Waals surface area contributed by atoms with Crippen LogP contribution < -0.4 is 0 Å². The van der Waals surface area contributed by atoms with Crippen LogP contribution in [0.3, 0.4) is 0 Å². The molecule has 0 atom stereocenters. The van der Waals surface area contributed by atoms with E-state index in [0.717, 1.165) is 12.1 Å². The maximum absolute atomic E-state index is 12.9. The molecule has 3 heterocycles. The molecule has 4 rings (SSSR count). The Morgan fingerprint density at radius 2 is 1.92 bits per heavy atom. The molecule has 1 aromatic carbocycles. The maximum Gasteiger partial charge on any atom is 0.416 e. The average molecular weight is 345 g/mol. The van der Waals surface area contributed by atoms with Gasteiger partial charge in [0.15, 0.2) is 6.33 Å². The molecule has 0 spiro atoms. The predicted molar refractivity (Wildman–Crippen MR) is 81.4 cm³/mol. The predicted octanol–water partition coefficient (Wildman–Crippen LogP) is 3.55. The van der Waals surface area contributed by atoms with E-state index in [4.69, 9.17) is 4.52 Å². The molecule has 3 aromatic heterocycles. The van der Waals surface area contributed by atoms with Gasteiger partial charge in [-0.15, -0.1) is 0 Å². The third kappa shape index (κ3) is 2.95. The fourth-order valence-electron chi connectivity index (χ4n) is 2.51. The van der Waals surface area contributed by atoms with Crippen molar-refractivity contribution < 1.29 is 17.7 Å². The van der Waals surface area contributed by atoms with Crippen molar-refractivity contribution >= 4 is 11.0 Å². The van der Waals surface area contributed by atoms with Gasteiger partial charge in [0.25, 0.3) is 0 Å². The van der Waals surface area contributed by atoms with Crippen molar-refractivity contribution in [2.75, 3.05) is 0 Å². The molecule has 0 saturated heterocycles. The Bertz CT molecular complexity index is 1020. The smallest absolute Gasteiger partial charge is 0.338 e. The molecule has 0 aliphatic rings. The summed E-state index contributed by atoms with van der Waals surface area (Å²) >= 11 is 0. The van der Waals surface area contributed by atoms with E-state index in [1.54, 1.807) is 23.0 Å². The monoisotopic (exact) mass is 345 g/mol. The van der Waals surface area contributed by atoms with Gasteiger partial charge in [-0.25, -0.2) is 0 Å². The number of rotatable bonds is 3. The number of halogens is 3. The molecule has 4 aromatic rings. The lowest BCUT2D eigenvalue weighted by Gasteiger charge is -2.09. The van der Waals surface area contributed by atoms with Crippen LogP contribution in [-0.2, 0) is 12.7 Å². The van der Waals surface area contributed by atoms with Crippen LogP contribution >= 0.6 is 0 Å². The van der Waals surface area contributed by atoms with Gasteiger partial charge in [-0.05, 0) is 23.8 Å². The van der Waals surface area contributed by atoms with Gasteiger partial charge < -0.3 is 4.52 Å². The Morgan fingerprint density at radius 1 is 1.04 bits per heavy atom. The minimum Gasteiger partial charge on any atom is -0.338 e. The van der Waals surface area contributed by atoms with Crippen LogP contribution in [0, 0.1) is 0 Å². The summed E-state index contributed by atoms with van der Waals surface area (Å²) in [7, 11) is 0. The molecule has 0 unspecified atom stereocenters. The van der Waals surface area contributed by atoms with Crippen LogP contribution in [0.5, 0.6) is 0 Å². The van der Waals surface area contributed by atoms with E-state index < -0.39 is 11.7 Å². The van der Waals surface area contributed by atoms with Crippen molar-refractivity contribution in [2.24, 2.45) is 0 Å². The number of hydrogen-bond acceptors (Lipinski definition) is 5. The molecule has 0 bridgehead atoms. The van der Waals surface area contributed by atoms with Crippen LogP contribution in [0.15, 0.2) is 53.6 Å². The van der Waals surface area contributed by atoms with Gasteiger partial charge in [0.2, 0.25) is 5.89 Å². The minimum atomic E-state index is -4.40. The quantitative estimate of drug-likeness (QED) is 0.568. The third-order valence-electron chi connectivity index (χ3n) is 3.71. The highest BCUT2D eigenvalue weighted by molar-refractivity contribution is 5.80. The summed E-state index contributed by atoms with van der Waals surface area (Å²) in [5.41, 5.74) is 1.56. The van der Waals surface area contributed by atoms with E-state index in [1.165, 1.54) is 18.6 Å². The minimum absolute atomic E-state index is 0.247. The first kappa shape index (κ1) is 15.3. The molecular weight excluding hydrogens is 335 g/mol. The molecule has 0 fully saturated rings. The number of pyridine rings is 1. The van der Waals surface area contributed by atoms with Gasteiger partial charge in [0.1, 0.15) is 12.1 Å². The van der Waals surface area contributed by atoms with E-state index in [9.17, 15) is 13.2 Å². The van der Waals surface area contributed by atoms with Crippen LogP contribution in [0.1, 0.15) is 11.5 Å². The fraction of sp³-hybridized carbons (Fsp3) is 0.125. The van der Waals surface area contributed by atoms with Crippen LogP contribution in [0.25, 0.3) is 22.2 Å². The number of aromatic nitrogens is 5. The Morgan fingerprint density at radius 3 is 2.68 bits per heavy atom. The highest BCUT2D eigenvalue weighted by Crippen LogP contribution is 2.32. The second-order valence-electron chi connectivity index (χ2n) is 5.34. The molecule has 0 saturated carbocycles. The summed E-state index contributed by atoms with van der Waals surface area (Å²) < 4.78 is 45.3. The van der Waals surface area contributed by atoms with Gasteiger partial charge in [0, 0.05) is 11.8 Å². The van der Waals surface area contributed by atoms with Crippen LogP contribution in [-0.4, -0.2) is 24.9 Å². The Hall–Kier alpha value is -3.23. The van der Waals surface area contributed by atoms with Gasteiger partial charge >= 0.3 is 6.18 Å². The van der Waals surface area contributed by atoms with Gasteiger partial charge in [-0.1, -0.05) is 17.3 Å². The zero-order valence-electron chi connectivity index (χ0n) is 12.6. The Kier molecular flexibility index (Phi) is 3.48. The Balaban J connectivity index is 1.76. The summed E-state index contributed by atoms with van der Waals surface area (Å²) in [5, 5.41) is 7.74. The number of nitrogens with zero attached hydrogens (tertiary/aromatic N) is 5. The molecule has 0 amide bonds. The van der Waals surface area contributed by atoms with E-state index in [-0.39, 0.29) is 6.54 Å². The highest BCUT2D eigenvalue weighted by Gasteiger charge is 2.30. The standard InChI is InChI=1S/C16H10F3N5O/c17-16(18,19)12-3-1-2-10(4-12)11-5-14-13(20-6-11)7-22-24(14)8-15-21-9-23-25-15/h1-7,9H,8H2. The average Bonchev–Trinajstić information content (AvgIpc) is 3.24. The number of benzene rings is 1. The zero-order valence-corrected chi connectivity index (χ0v) is 12.6. The molecular formula is C16H10F3N5O. The van der Waals surface area contributed by atoms with Crippen LogP contribution in [0.4, 0.5) is 13.2 Å². The molecule has 0 aliphatic carbocycles. The van der Waals surface area contributed by atoms with Gasteiger partial charge in [-0.2, -0.15) is 23.3 Å². The topological polar surface area (TPSA) is 69.6 Å². The summed E-state index contributed by atoms with van der Waals surface area (Å²) in [6.07, 6.45) is -0.0151. The number of hydrogen-bond donors (Lipinski definition) is 0. The molecule has 0 N–H and O–H groups in total. The van der Waals surface area contributed by atoms with E-state index in [2.05, 4.69) is 20.2 Å². The summed E-state index contributed by atoms with van der Waals surface area (Å²) in [5.74, 6) is 0.370. The first-order chi connectivity index (χ1) is 12.0. The summed E-state index contributed by atoms with van der Waals surface area (Å²) in [6, 6.07) is 6.85. The molecule has 0 aliphatic heterocycles. The summed E-state index contributed by atoms with van der Waals surface area (Å²) in [6.45, 7) is 0.247. The highest BCUT2D eigenvalue weighted by atomic mass is 19.4. The molecule has 0 radical (unpaired) electrons. The molecule has 9 heteroatoms. The lowest BCUT2D eigenvalue weighted by molar-refractivity contribution is -0.137. The van der Waals surface area contributed by atoms with Crippen molar-refractivity contribution in [2.45, 2.75) is 12.7 Å². The van der Waals surface area contributed by atoms with E-state index >= 15 is 0 Å². The second-order valence-corrected chi connectivity index (χ2v) is 5.34. The van der Waals surface area contributed by atoms with Gasteiger partial charge in [0.05, 0.1) is 17.3 Å². The summed E-state index contributed by atoms with van der Waals surface area (Å²) in [4.78, 5) is 8.20. The number of alkyl halides is 3. The third-order valence-corrected chi connectivity index (χ3v) is 3.71. The SMILES string of the molecule is FC(F)(F)c1cccc(-c2cnc3cnn(Cc4ncno4)c3c2)c1.